The van der Waals surface area contributed by atoms with Crippen molar-refractivity contribution in [1.29, 1.82) is 0 Å². The number of nitrogens with one attached hydrogen (secondary N) is 1. The molecule has 22 heavy (non-hydrogen) atoms. The average molecular weight is 302 g/mol. The Hall–Kier alpha value is -1.88. The van der Waals surface area contributed by atoms with Crippen molar-refractivity contribution in [2.45, 2.75) is 19.8 Å². The maximum absolute atomic E-state index is 12.5. The lowest BCUT2D eigenvalue weighted by Gasteiger charge is -2.16. The third-order valence-electron chi connectivity index (χ3n) is 4.65. The van der Waals surface area contributed by atoms with Gasteiger partial charge in [0.15, 0.2) is 0 Å². The number of likely N-dealkylation sites (tertiary alicyclic amines) is 1. The zero-order valence-corrected chi connectivity index (χ0v) is 12.8. The van der Waals surface area contributed by atoms with Gasteiger partial charge in [0, 0.05) is 42.8 Å². The van der Waals surface area contributed by atoms with Gasteiger partial charge in [-0.15, -0.1) is 0 Å². The molecule has 2 amide bonds. The molecule has 1 saturated carbocycles. The minimum absolute atomic E-state index is 0.0353. The van der Waals surface area contributed by atoms with Gasteiger partial charge in [-0.1, -0.05) is 13.0 Å². The SMILES string of the molecule is CC1CC1C(=O)Nc1cccc(C(=O)N2CCC(CO)C2)c1. The lowest BCUT2D eigenvalue weighted by Crippen LogP contribution is -2.29. The number of rotatable bonds is 4. The number of aliphatic hydroxyl groups excluding tert-OH is 1. The predicted molar refractivity (Wildman–Crippen MR) is 83.4 cm³/mol. The molecule has 1 aliphatic heterocycles. The highest BCUT2D eigenvalue weighted by Gasteiger charge is 2.39. The Bertz CT molecular complexity index is 587. The molecule has 2 N–H and O–H groups in total. The fourth-order valence-electron chi connectivity index (χ4n) is 3.00. The summed E-state index contributed by atoms with van der Waals surface area (Å²) in [6.45, 7) is 3.47. The molecule has 1 heterocycles. The van der Waals surface area contributed by atoms with E-state index >= 15 is 0 Å². The van der Waals surface area contributed by atoms with Crippen molar-refractivity contribution in [3.8, 4) is 0 Å². The van der Waals surface area contributed by atoms with Crippen LogP contribution in [0, 0.1) is 17.8 Å². The van der Waals surface area contributed by atoms with Crippen molar-refractivity contribution in [3.05, 3.63) is 29.8 Å². The summed E-state index contributed by atoms with van der Waals surface area (Å²) in [7, 11) is 0. The Kier molecular flexibility index (Phi) is 4.16. The van der Waals surface area contributed by atoms with Crippen molar-refractivity contribution in [2.75, 3.05) is 25.0 Å². The van der Waals surface area contributed by atoms with E-state index < -0.39 is 0 Å². The lowest BCUT2D eigenvalue weighted by atomic mass is 10.1. The van der Waals surface area contributed by atoms with E-state index in [0.29, 0.717) is 30.3 Å². The predicted octanol–water partition coefficient (Wildman–Crippen LogP) is 1.74. The monoisotopic (exact) mass is 302 g/mol. The molecule has 1 saturated heterocycles. The van der Waals surface area contributed by atoms with E-state index in [9.17, 15) is 14.7 Å². The highest BCUT2D eigenvalue weighted by molar-refractivity contribution is 5.98. The van der Waals surface area contributed by atoms with Crippen LogP contribution >= 0.6 is 0 Å². The van der Waals surface area contributed by atoms with E-state index in [2.05, 4.69) is 12.2 Å². The minimum Gasteiger partial charge on any atom is -0.396 e. The Morgan fingerprint density at radius 1 is 1.41 bits per heavy atom. The summed E-state index contributed by atoms with van der Waals surface area (Å²) in [5, 5.41) is 12.1. The van der Waals surface area contributed by atoms with Crippen molar-refractivity contribution in [3.63, 3.8) is 0 Å². The molecule has 3 rings (SSSR count). The molecule has 3 unspecified atom stereocenters. The Labute approximate surface area is 130 Å². The number of hydrogen-bond acceptors (Lipinski definition) is 3. The first-order valence-corrected chi connectivity index (χ1v) is 7.89. The quantitative estimate of drug-likeness (QED) is 0.890. The number of benzene rings is 1. The van der Waals surface area contributed by atoms with Gasteiger partial charge in [-0.05, 0) is 37.0 Å². The van der Waals surface area contributed by atoms with Crippen LogP contribution in [0.25, 0.3) is 0 Å². The number of anilines is 1. The normalized spacial score (nSPS) is 26.8. The summed E-state index contributed by atoms with van der Waals surface area (Å²) in [5.41, 5.74) is 1.26. The molecule has 2 fully saturated rings. The van der Waals surface area contributed by atoms with Crippen molar-refractivity contribution >= 4 is 17.5 Å². The molecule has 2 aliphatic rings. The largest absolute Gasteiger partial charge is 0.396 e. The van der Waals surface area contributed by atoms with Crippen LogP contribution in [0.5, 0.6) is 0 Å². The topological polar surface area (TPSA) is 69.6 Å². The Morgan fingerprint density at radius 3 is 2.82 bits per heavy atom. The first-order valence-electron chi connectivity index (χ1n) is 7.89. The molecule has 1 aromatic carbocycles. The van der Waals surface area contributed by atoms with Crippen molar-refractivity contribution < 1.29 is 14.7 Å². The van der Waals surface area contributed by atoms with Crippen LogP contribution in [0.1, 0.15) is 30.1 Å². The van der Waals surface area contributed by atoms with Gasteiger partial charge in [0.2, 0.25) is 5.91 Å². The maximum Gasteiger partial charge on any atom is 0.253 e. The molecule has 0 radical (unpaired) electrons. The number of carbonyl (C=O) groups excluding carboxylic acids is 2. The van der Waals surface area contributed by atoms with Crippen LogP contribution in [-0.4, -0.2) is 41.5 Å². The van der Waals surface area contributed by atoms with E-state index in [-0.39, 0.29) is 30.3 Å². The van der Waals surface area contributed by atoms with Crippen LogP contribution in [-0.2, 0) is 4.79 Å². The van der Waals surface area contributed by atoms with Crippen molar-refractivity contribution in [2.24, 2.45) is 17.8 Å². The van der Waals surface area contributed by atoms with Gasteiger partial charge < -0.3 is 15.3 Å². The highest BCUT2D eigenvalue weighted by atomic mass is 16.3. The lowest BCUT2D eigenvalue weighted by molar-refractivity contribution is -0.117. The second kappa shape index (κ2) is 6.08. The zero-order chi connectivity index (χ0) is 15.7. The summed E-state index contributed by atoms with van der Waals surface area (Å²) in [5.74, 6) is 0.765. The fraction of sp³-hybridized carbons (Fsp3) is 0.529. The van der Waals surface area contributed by atoms with Crippen LogP contribution in [0.15, 0.2) is 24.3 Å². The zero-order valence-electron chi connectivity index (χ0n) is 12.8. The molecule has 1 aliphatic carbocycles. The van der Waals surface area contributed by atoms with Crippen LogP contribution < -0.4 is 5.32 Å². The second-order valence-electron chi connectivity index (χ2n) is 6.48. The number of nitrogens with zero attached hydrogens (tertiary/aromatic N) is 1. The summed E-state index contributed by atoms with van der Waals surface area (Å²) >= 11 is 0. The molecule has 3 atom stereocenters. The molecule has 5 heteroatoms. The summed E-state index contributed by atoms with van der Waals surface area (Å²) in [6, 6.07) is 7.10. The number of amides is 2. The first kappa shape index (κ1) is 15.0. The van der Waals surface area contributed by atoms with E-state index in [1.807, 2.05) is 6.07 Å². The van der Waals surface area contributed by atoms with E-state index in [1.165, 1.54) is 0 Å². The van der Waals surface area contributed by atoms with Crippen LogP contribution in [0.2, 0.25) is 0 Å². The van der Waals surface area contributed by atoms with Crippen LogP contribution in [0.3, 0.4) is 0 Å². The average Bonchev–Trinajstić information content (AvgIpc) is 3.07. The summed E-state index contributed by atoms with van der Waals surface area (Å²) in [6.07, 6.45) is 1.79. The minimum atomic E-state index is -0.0353. The van der Waals surface area contributed by atoms with Gasteiger partial charge in [-0.3, -0.25) is 9.59 Å². The standard InChI is InChI=1S/C17H22N2O3/c1-11-7-15(11)16(21)18-14-4-2-3-13(8-14)17(22)19-6-5-12(9-19)10-20/h2-4,8,11-12,15,20H,5-7,9-10H2,1H3,(H,18,21). The Balaban J connectivity index is 1.65. The molecule has 1 aromatic rings. The third-order valence-corrected chi connectivity index (χ3v) is 4.65. The van der Waals surface area contributed by atoms with Gasteiger partial charge in [-0.25, -0.2) is 0 Å². The van der Waals surface area contributed by atoms with Gasteiger partial charge >= 0.3 is 0 Å². The van der Waals surface area contributed by atoms with Gasteiger partial charge in [0.05, 0.1) is 0 Å². The van der Waals surface area contributed by atoms with E-state index in [0.717, 1.165) is 12.8 Å². The molecule has 0 aromatic heterocycles. The van der Waals surface area contributed by atoms with E-state index in [1.54, 1.807) is 23.1 Å². The molecule has 118 valence electrons. The molecule has 5 nitrogen and oxygen atoms in total. The smallest absolute Gasteiger partial charge is 0.253 e. The summed E-state index contributed by atoms with van der Waals surface area (Å²) in [4.78, 5) is 26.2. The van der Waals surface area contributed by atoms with Gasteiger partial charge in [-0.2, -0.15) is 0 Å². The van der Waals surface area contributed by atoms with Gasteiger partial charge in [0.25, 0.3) is 5.91 Å². The van der Waals surface area contributed by atoms with Gasteiger partial charge in [0.1, 0.15) is 0 Å². The number of aliphatic hydroxyl groups is 1. The third kappa shape index (κ3) is 3.14. The summed E-state index contributed by atoms with van der Waals surface area (Å²) < 4.78 is 0. The van der Waals surface area contributed by atoms with Crippen LogP contribution in [0.4, 0.5) is 5.69 Å². The van der Waals surface area contributed by atoms with E-state index in [4.69, 9.17) is 0 Å². The maximum atomic E-state index is 12.5. The number of carbonyl (C=O) groups is 2. The second-order valence-corrected chi connectivity index (χ2v) is 6.48. The fourth-order valence-corrected chi connectivity index (χ4v) is 3.00. The highest BCUT2D eigenvalue weighted by Crippen LogP contribution is 2.38. The Morgan fingerprint density at radius 2 is 2.18 bits per heavy atom. The molecule has 0 bridgehead atoms. The molecule has 0 spiro atoms. The first-order chi connectivity index (χ1) is 10.6. The number of hydrogen-bond donors (Lipinski definition) is 2. The van der Waals surface area contributed by atoms with Crippen molar-refractivity contribution in [1.82, 2.24) is 4.90 Å². The molecular weight excluding hydrogens is 280 g/mol. The molecular formula is C17H22N2O3.